The van der Waals surface area contributed by atoms with Gasteiger partial charge in [0.15, 0.2) is 0 Å². The van der Waals surface area contributed by atoms with Crippen molar-refractivity contribution in [3.8, 4) is 11.5 Å². The van der Waals surface area contributed by atoms with Crippen molar-refractivity contribution in [1.29, 1.82) is 0 Å². The van der Waals surface area contributed by atoms with E-state index in [1.54, 1.807) is 0 Å². The molecular formula is C12H10O6. The third-order valence-corrected chi connectivity index (χ3v) is 2.03. The number of carboxylic acid groups (broad SMARTS) is 2. The van der Waals surface area contributed by atoms with Crippen LogP contribution in [0.15, 0.2) is 24.3 Å². The Balaban J connectivity index is 3.33. The van der Waals surface area contributed by atoms with E-state index in [4.69, 9.17) is 10.2 Å². The number of carboxylic acids is 2. The van der Waals surface area contributed by atoms with Gasteiger partial charge in [0.25, 0.3) is 0 Å². The van der Waals surface area contributed by atoms with Crippen LogP contribution in [-0.2, 0) is 9.59 Å². The van der Waals surface area contributed by atoms with Crippen molar-refractivity contribution < 1.29 is 30.0 Å². The van der Waals surface area contributed by atoms with Gasteiger partial charge in [-0.15, -0.1) is 0 Å². The van der Waals surface area contributed by atoms with Crippen LogP contribution in [0.3, 0.4) is 0 Å². The molecule has 0 atom stereocenters. The molecule has 0 spiro atoms. The Morgan fingerprint density at radius 2 is 1.17 bits per heavy atom. The van der Waals surface area contributed by atoms with Crippen molar-refractivity contribution in [3.63, 3.8) is 0 Å². The third-order valence-electron chi connectivity index (χ3n) is 2.03. The predicted molar refractivity (Wildman–Crippen MR) is 63.1 cm³/mol. The molecular weight excluding hydrogens is 240 g/mol. The summed E-state index contributed by atoms with van der Waals surface area (Å²) in [6.45, 7) is 0. The predicted octanol–water partition coefficient (Wildman–Crippen LogP) is 1.29. The SMILES string of the molecule is O=C(O)C=Cc1c(O)ccc(O)c1C=CC(=O)O. The summed E-state index contributed by atoms with van der Waals surface area (Å²) in [5, 5.41) is 36.1. The first kappa shape index (κ1) is 13.3. The average molecular weight is 250 g/mol. The molecule has 4 N–H and O–H groups in total. The molecule has 0 bridgehead atoms. The van der Waals surface area contributed by atoms with Crippen LogP contribution in [0.25, 0.3) is 12.2 Å². The van der Waals surface area contributed by atoms with Crippen molar-refractivity contribution in [2.24, 2.45) is 0 Å². The van der Waals surface area contributed by atoms with Gasteiger partial charge in [-0.25, -0.2) is 9.59 Å². The van der Waals surface area contributed by atoms with E-state index in [1.807, 2.05) is 0 Å². The number of rotatable bonds is 4. The van der Waals surface area contributed by atoms with Crippen LogP contribution in [0.2, 0.25) is 0 Å². The van der Waals surface area contributed by atoms with Crippen LogP contribution in [0.1, 0.15) is 11.1 Å². The zero-order valence-electron chi connectivity index (χ0n) is 9.07. The highest BCUT2D eigenvalue weighted by molar-refractivity contribution is 5.90. The Hall–Kier alpha value is -2.76. The standard InChI is InChI=1S/C12H10O6/c13-9-3-4-10(14)8(2-6-12(17)18)7(9)1-5-11(15)16/h1-6,13-14H,(H,15,16)(H,17,18). The molecule has 6 nitrogen and oxygen atoms in total. The second-order valence-corrected chi connectivity index (χ2v) is 3.27. The first-order chi connectivity index (χ1) is 8.41. The van der Waals surface area contributed by atoms with E-state index >= 15 is 0 Å². The Bertz CT molecular complexity index is 493. The second kappa shape index (κ2) is 5.53. The molecule has 0 saturated carbocycles. The summed E-state index contributed by atoms with van der Waals surface area (Å²) in [4.78, 5) is 20.8. The average Bonchev–Trinajstić information content (AvgIpc) is 2.28. The highest BCUT2D eigenvalue weighted by Crippen LogP contribution is 2.31. The van der Waals surface area contributed by atoms with Crippen molar-refractivity contribution >= 4 is 24.1 Å². The molecule has 6 heteroatoms. The topological polar surface area (TPSA) is 115 Å². The molecule has 0 aliphatic rings. The fraction of sp³-hybridized carbons (Fsp3) is 0. The molecule has 94 valence electrons. The number of phenols is 2. The van der Waals surface area contributed by atoms with Gasteiger partial charge in [0.05, 0.1) is 0 Å². The highest BCUT2D eigenvalue weighted by Gasteiger charge is 2.08. The van der Waals surface area contributed by atoms with E-state index < -0.39 is 11.9 Å². The summed E-state index contributed by atoms with van der Waals surface area (Å²) in [5.74, 6) is -3.00. The molecule has 0 unspecified atom stereocenters. The lowest BCUT2D eigenvalue weighted by molar-refractivity contribution is -0.132. The Morgan fingerprint density at radius 1 is 0.833 bits per heavy atom. The highest BCUT2D eigenvalue weighted by atomic mass is 16.4. The van der Waals surface area contributed by atoms with Gasteiger partial charge in [-0.05, 0) is 24.3 Å². The number of aromatic hydroxyl groups is 2. The molecule has 18 heavy (non-hydrogen) atoms. The second-order valence-electron chi connectivity index (χ2n) is 3.27. The van der Waals surface area contributed by atoms with E-state index in [0.29, 0.717) is 0 Å². The third kappa shape index (κ3) is 3.38. The van der Waals surface area contributed by atoms with E-state index in [-0.39, 0.29) is 22.6 Å². The molecule has 0 aromatic heterocycles. The van der Waals surface area contributed by atoms with Gasteiger partial charge in [-0.2, -0.15) is 0 Å². The molecule has 0 aliphatic heterocycles. The van der Waals surface area contributed by atoms with Gasteiger partial charge in [0.1, 0.15) is 11.5 Å². The minimum absolute atomic E-state index is 0.0231. The zero-order chi connectivity index (χ0) is 13.7. The van der Waals surface area contributed by atoms with Crippen LogP contribution in [0, 0.1) is 0 Å². The van der Waals surface area contributed by atoms with E-state index in [9.17, 15) is 19.8 Å². The van der Waals surface area contributed by atoms with Crippen molar-refractivity contribution in [1.82, 2.24) is 0 Å². The maximum Gasteiger partial charge on any atom is 0.328 e. The van der Waals surface area contributed by atoms with Gasteiger partial charge >= 0.3 is 11.9 Å². The van der Waals surface area contributed by atoms with Crippen LogP contribution in [0.4, 0.5) is 0 Å². The summed E-state index contributed by atoms with van der Waals surface area (Å²) in [5.41, 5.74) is 0.0461. The van der Waals surface area contributed by atoms with Gasteiger partial charge in [-0.1, -0.05) is 0 Å². The summed E-state index contributed by atoms with van der Waals surface area (Å²) < 4.78 is 0. The van der Waals surface area contributed by atoms with Gasteiger partial charge in [0.2, 0.25) is 0 Å². The first-order valence-corrected chi connectivity index (χ1v) is 4.78. The molecule has 1 rings (SSSR count). The molecule has 0 aliphatic carbocycles. The molecule has 1 aromatic rings. The van der Waals surface area contributed by atoms with Gasteiger partial charge in [-0.3, -0.25) is 0 Å². The van der Waals surface area contributed by atoms with Gasteiger partial charge < -0.3 is 20.4 Å². The molecule has 0 amide bonds. The van der Waals surface area contributed by atoms with E-state index in [1.165, 1.54) is 12.1 Å². The minimum Gasteiger partial charge on any atom is -0.507 e. The summed E-state index contributed by atoms with van der Waals surface area (Å²) >= 11 is 0. The molecule has 0 fully saturated rings. The van der Waals surface area contributed by atoms with Crippen LogP contribution >= 0.6 is 0 Å². The Labute approximate surface area is 102 Å². The first-order valence-electron chi connectivity index (χ1n) is 4.78. The van der Waals surface area contributed by atoms with E-state index in [0.717, 1.165) is 24.3 Å². The largest absolute Gasteiger partial charge is 0.507 e. The van der Waals surface area contributed by atoms with E-state index in [2.05, 4.69) is 0 Å². The zero-order valence-corrected chi connectivity index (χ0v) is 9.07. The number of hydrogen-bond donors (Lipinski definition) is 4. The van der Waals surface area contributed by atoms with Gasteiger partial charge in [0, 0.05) is 23.3 Å². The summed E-state index contributed by atoms with van der Waals surface area (Å²) in [7, 11) is 0. The van der Waals surface area contributed by atoms with Crippen molar-refractivity contribution in [3.05, 3.63) is 35.4 Å². The maximum absolute atomic E-state index is 10.4. The lowest BCUT2D eigenvalue weighted by atomic mass is 10.0. The molecule has 0 saturated heterocycles. The van der Waals surface area contributed by atoms with Crippen LogP contribution < -0.4 is 0 Å². The fourth-order valence-corrected chi connectivity index (χ4v) is 1.27. The van der Waals surface area contributed by atoms with Crippen LogP contribution in [-0.4, -0.2) is 32.4 Å². The minimum atomic E-state index is -1.23. The normalized spacial score (nSPS) is 11.1. The number of benzene rings is 1. The number of aliphatic carboxylic acids is 2. The molecule has 0 heterocycles. The number of hydrogen-bond acceptors (Lipinski definition) is 4. The Kier molecular flexibility index (Phi) is 4.09. The molecule has 1 aromatic carbocycles. The van der Waals surface area contributed by atoms with Crippen molar-refractivity contribution in [2.75, 3.05) is 0 Å². The monoisotopic (exact) mass is 250 g/mol. The Morgan fingerprint density at radius 3 is 1.44 bits per heavy atom. The number of phenolic OH excluding ortho intramolecular Hbond substituents is 2. The quantitative estimate of drug-likeness (QED) is 0.473. The smallest absolute Gasteiger partial charge is 0.328 e. The number of carbonyl (C=O) groups is 2. The van der Waals surface area contributed by atoms with Crippen LogP contribution in [0.5, 0.6) is 11.5 Å². The summed E-state index contributed by atoms with van der Waals surface area (Å²) in [6, 6.07) is 2.35. The van der Waals surface area contributed by atoms with Crippen molar-refractivity contribution in [2.45, 2.75) is 0 Å². The fourth-order valence-electron chi connectivity index (χ4n) is 1.27. The lowest BCUT2D eigenvalue weighted by Gasteiger charge is -2.06. The molecule has 0 radical (unpaired) electrons. The lowest BCUT2D eigenvalue weighted by Crippen LogP contribution is -1.90. The summed E-state index contributed by atoms with van der Waals surface area (Å²) in [6.07, 6.45) is 3.68. The maximum atomic E-state index is 10.4.